The molecule has 0 saturated carbocycles. The highest BCUT2D eigenvalue weighted by atomic mass is 35.5. The molecule has 1 unspecified atom stereocenters. The summed E-state index contributed by atoms with van der Waals surface area (Å²) in [5.41, 5.74) is 6.15. The fourth-order valence-electron chi connectivity index (χ4n) is 1.38. The molecule has 104 valence electrons. The Morgan fingerprint density at radius 3 is 2.84 bits per heavy atom. The molecule has 19 heavy (non-hydrogen) atoms. The number of rotatable bonds is 6. The summed E-state index contributed by atoms with van der Waals surface area (Å²) in [6.07, 6.45) is 0.862. The van der Waals surface area contributed by atoms with Gasteiger partial charge < -0.3 is 15.8 Å². The highest BCUT2D eigenvalue weighted by Crippen LogP contribution is 2.23. The number of nitrogens with two attached hydrogens (primary N) is 1. The van der Waals surface area contributed by atoms with Crippen molar-refractivity contribution < 1.29 is 9.53 Å². The van der Waals surface area contributed by atoms with Gasteiger partial charge in [0, 0.05) is 11.1 Å². The van der Waals surface area contributed by atoms with Gasteiger partial charge in [0.05, 0.1) is 5.56 Å². The molecule has 1 aromatic carbocycles. The van der Waals surface area contributed by atoms with Crippen molar-refractivity contribution in [3.63, 3.8) is 0 Å². The Kier molecular flexibility index (Phi) is 6.05. The molecule has 0 radical (unpaired) electrons. The molecule has 0 fully saturated rings. The molecule has 1 atom stereocenters. The number of halogens is 1. The first-order chi connectivity index (χ1) is 8.93. The molecule has 0 aromatic heterocycles. The SMILES string of the molecule is CCC(C)NC(=O)COc1cc(Cl)ccc1C(N)=S. The van der Waals surface area contributed by atoms with E-state index in [4.69, 9.17) is 34.3 Å². The lowest BCUT2D eigenvalue weighted by atomic mass is 10.2. The van der Waals surface area contributed by atoms with Gasteiger partial charge in [0.25, 0.3) is 5.91 Å². The van der Waals surface area contributed by atoms with E-state index in [1.807, 2.05) is 13.8 Å². The minimum atomic E-state index is -0.191. The molecular formula is C13H17ClN2O2S. The van der Waals surface area contributed by atoms with Crippen molar-refractivity contribution >= 4 is 34.7 Å². The number of carbonyl (C=O) groups excluding carboxylic acids is 1. The summed E-state index contributed by atoms with van der Waals surface area (Å²) in [7, 11) is 0. The van der Waals surface area contributed by atoms with Gasteiger partial charge in [-0.2, -0.15) is 0 Å². The molecule has 0 saturated heterocycles. The van der Waals surface area contributed by atoms with E-state index >= 15 is 0 Å². The van der Waals surface area contributed by atoms with Crippen LogP contribution in [0.2, 0.25) is 5.02 Å². The summed E-state index contributed by atoms with van der Waals surface area (Å²) in [4.78, 5) is 11.8. The van der Waals surface area contributed by atoms with E-state index in [2.05, 4.69) is 5.32 Å². The molecule has 4 nitrogen and oxygen atoms in total. The monoisotopic (exact) mass is 300 g/mol. The Morgan fingerprint density at radius 1 is 1.58 bits per heavy atom. The Hall–Kier alpha value is -1.33. The first-order valence-corrected chi connectivity index (χ1v) is 6.74. The third-order valence-electron chi connectivity index (χ3n) is 2.59. The zero-order chi connectivity index (χ0) is 14.4. The van der Waals surface area contributed by atoms with Gasteiger partial charge in [0.2, 0.25) is 0 Å². The number of thiocarbonyl (C=S) groups is 1. The van der Waals surface area contributed by atoms with Crippen LogP contribution in [0.25, 0.3) is 0 Å². The predicted octanol–water partition coefficient (Wildman–Crippen LogP) is 2.27. The lowest BCUT2D eigenvalue weighted by Crippen LogP contribution is -2.35. The highest BCUT2D eigenvalue weighted by Gasteiger charge is 2.11. The van der Waals surface area contributed by atoms with Crippen molar-refractivity contribution in [1.29, 1.82) is 0 Å². The molecule has 0 aliphatic carbocycles. The summed E-state index contributed by atoms with van der Waals surface area (Å²) in [6, 6.07) is 5.05. The topological polar surface area (TPSA) is 64.3 Å². The van der Waals surface area contributed by atoms with Crippen LogP contribution in [0, 0.1) is 0 Å². The van der Waals surface area contributed by atoms with Gasteiger partial charge in [-0.05, 0) is 31.5 Å². The van der Waals surface area contributed by atoms with Crippen LogP contribution in [0.1, 0.15) is 25.8 Å². The lowest BCUT2D eigenvalue weighted by molar-refractivity contribution is -0.123. The van der Waals surface area contributed by atoms with Gasteiger partial charge in [-0.1, -0.05) is 30.7 Å². The lowest BCUT2D eigenvalue weighted by Gasteiger charge is -2.14. The molecular weight excluding hydrogens is 284 g/mol. The number of nitrogens with one attached hydrogen (secondary N) is 1. The summed E-state index contributed by atoms with van der Waals surface area (Å²) in [5, 5.41) is 3.30. The van der Waals surface area contributed by atoms with Crippen LogP contribution >= 0.6 is 23.8 Å². The fourth-order valence-corrected chi connectivity index (χ4v) is 1.71. The second-order valence-corrected chi connectivity index (χ2v) is 5.05. The number of carbonyl (C=O) groups is 1. The number of hydrogen-bond acceptors (Lipinski definition) is 3. The third-order valence-corrected chi connectivity index (χ3v) is 3.04. The van der Waals surface area contributed by atoms with E-state index in [1.165, 1.54) is 0 Å². The maximum absolute atomic E-state index is 11.6. The van der Waals surface area contributed by atoms with Gasteiger partial charge in [-0.15, -0.1) is 0 Å². The van der Waals surface area contributed by atoms with Crippen LogP contribution < -0.4 is 15.8 Å². The van der Waals surface area contributed by atoms with Gasteiger partial charge in [0.1, 0.15) is 10.7 Å². The van der Waals surface area contributed by atoms with E-state index in [0.29, 0.717) is 16.3 Å². The van der Waals surface area contributed by atoms with Crippen LogP contribution in [0.15, 0.2) is 18.2 Å². The van der Waals surface area contributed by atoms with Gasteiger partial charge in [-0.25, -0.2) is 0 Å². The molecule has 6 heteroatoms. The summed E-state index contributed by atoms with van der Waals surface area (Å²) >= 11 is 10.8. The Labute approximate surface area is 123 Å². The average molecular weight is 301 g/mol. The second-order valence-electron chi connectivity index (χ2n) is 4.17. The van der Waals surface area contributed by atoms with E-state index in [-0.39, 0.29) is 23.5 Å². The Balaban J connectivity index is 2.69. The maximum atomic E-state index is 11.6. The van der Waals surface area contributed by atoms with E-state index in [9.17, 15) is 4.79 Å². The van der Waals surface area contributed by atoms with Crippen molar-refractivity contribution in [2.75, 3.05) is 6.61 Å². The molecule has 1 rings (SSSR count). The largest absolute Gasteiger partial charge is 0.483 e. The minimum absolute atomic E-state index is 0.0969. The van der Waals surface area contributed by atoms with Gasteiger partial charge in [-0.3, -0.25) is 4.79 Å². The summed E-state index contributed by atoms with van der Waals surface area (Å²) in [5.74, 6) is 0.225. The standard InChI is InChI=1S/C13H17ClN2O2S/c1-3-8(2)16-12(17)7-18-11-6-9(14)4-5-10(11)13(15)19/h4-6,8H,3,7H2,1-2H3,(H2,15,19)(H,16,17). The minimum Gasteiger partial charge on any atom is -0.483 e. The van der Waals surface area contributed by atoms with Crippen LogP contribution in [-0.4, -0.2) is 23.5 Å². The second kappa shape index (κ2) is 7.31. The Morgan fingerprint density at radius 2 is 2.26 bits per heavy atom. The van der Waals surface area contributed by atoms with E-state index in [0.717, 1.165) is 6.42 Å². The summed E-state index contributed by atoms with van der Waals surface area (Å²) < 4.78 is 5.42. The molecule has 3 N–H and O–H groups in total. The van der Waals surface area contributed by atoms with Crippen molar-refractivity contribution in [2.24, 2.45) is 5.73 Å². The maximum Gasteiger partial charge on any atom is 0.258 e. The zero-order valence-electron chi connectivity index (χ0n) is 10.9. The third kappa shape index (κ3) is 5.04. The number of hydrogen-bond donors (Lipinski definition) is 2. The fraction of sp³-hybridized carbons (Fsp3) is 0.385. The molecule has 0 aliphatic heterocycles. The molecule has 0 spiro atoms. The van der Waals surface area contributed by atoms with Crippen molar-refractivity contribution in [3.05, 3.63) is 28.8 Å². The first-order valence-electron chi connectivity index (χ1n) is 5.95. The Bertz CT molecular complexity index is 480. The van der Waals surface area contributed by atoms with E-state index in [1.54, 1.807) is 18.2 Å². The quantitative estimate of drug-likeness (QED) is 0.791. The van der Waals surface area contributed by atoms with Crippen LogP contribution in [0.3, 0.4) is 0 Å². The normalized spacial score (nSPS) is 11.7. The number of benzene rings is 1. The molecule has 0 aliphatic rings. The number of amides is 1. The van der Waals surface area contributed by atoms with Crippen LogP contribution in [0.5, 0.6) is 5.75 Å². The first kappa shape index (κ1) is 15.7. The zero-order valence-corrected chi connectivity index (χ0v) is 12.5. The molecule has 0 bridgehead atoms. The van der Waals surface area contributed by atoms with Gasteiger partial charge in [0.15, 0.2) is 6.61 Å². The predicted molar refractivity (Wildman–Crippen MR) is 80.7 cm³/mol. The molecule has 1 amide bonds. The van der Waals surface area contributed by atoms with E-state index < -0.39 is 0 Å². The average Bonchev–Trinajstić information content (AvgIpc) is 2.35. The van der Waals surface area contributed by atoms with Crippen LogP contribution in [0.4, 0.5) is 0 Å². The molecule has 0 heterocycles. The van der Waals surface area contributed by atoms with Gasteiger partial charge >= 0.3 is 0 Å². The van der Waals surface area contributed by atoms with Crippen molar-refractivity contribution in [2.45, 2.75) is 26.3 Å². The summed E-state index contributed by atoms with van der Waals surface area (Å²) in [6.45, 7) is 3.83. The van der Waals surface area contributed by atoms with Crippen molar-refractivity contribution in [3.8, 4) is 5.75 Å². The molecule has 1 aromatic rings. The smallest absolute Gasteiger partial charge is 0.258 e. The van der Waals surface area contributed by atoms with Crippen molar-refractivity contribution in [1.82, 2.24) is 5.32 Å². The van der Waals surface area contributed by atoms with Crippen LogP contribution in [-0.2, 0) is 4.79 Å². The highest BCUT2D eigenvalue weighted by molar-refractivity contribution is 7.80. The number of ether oxygens (including phenoxy) is 1.